The molecular formula is C16H17NO2. The maximum absolute atomic E-state index is 5.86. The van der Waals surface area contributed by atoms with Crippen LogP contribution in [0.4, 0.5) is 5.69 Å². The minimum atomic E-state index is 0.0817. The molecule has 0 radical (unpaired) electrons. The van der Waals surface area contributed by atoms with Gasteiger partial charge in [-0.2, -0.15) is 0 Å². The van der Waals surface area contributed by atoms with Crippen LogP contribution in [0, 0.1) is 6.92 Å². The van der Waals surface area contributed by atoms with E-state index in [4.69, 9.17) is 15.2 Å². The molecule has 1 aliphatic heterocycles. The highest BCUT2D eigenvalue weighted by atomic mass is 16.5. The first kappa shape index (κ1) is 11.9. The Kier molecular flexibility index (Phi) is 3.03. The number of nitrogen functional groups attached to an aromatic ring is 1. The second-order valence-electron chi connectivity index (χ2n) is 4.94. The molecule has 2 aromatic rings. The average Bonchev–Trinajstić information content (AvgIpc) is 2.78. The summed E-state index contributed by atoms with van der Waals surface area (Å²) in [5.74, 6) is 1.77. The molecule has 3 heteroatoms. The van der Waals surface area contributed by atoms with Crippen LogP contribution in [0.3, 0.4) is 0 Å². The fraction of sp³-hybridized carbons (Fsp3) is 0.250. The molecule has 1 atom stereocenters. The van der Waals surface area contributed by atoms with Crippen molar-refractivity contribution in [2.24, 2.45) is 0 Å². The molecule has 1 unspecified atom stereocenters. The van der Waals surface area contributed by atoms with Crippen LogP contribution in [0.2, 0.25) is 0 Å². The first-order chi connectivity index (χ1) is 9.20. The lowest BCUT2D eigenvalue weighted by Crippen LogP contribution is -2.22. The SMILES string of the molecule is Cc1ccc2c(c1)CC(COc1cccc(N)c1)O2. The zero-order valence-electron chi connectivity index (χ0n) is 10.9. The highest BCUT2D eigenvalue weighted by Crippen LogP contribution is 2.29. The summed E-state index contributed by atoms with van der Waals surface area (Å²) in [6.45, 7) is 2.63. The van der Waals surface area contributed by atoms with Crippen molar-refractivity contribution in [2.45, 2.75) is 19.4 Å². The maximum atomic E-state index is 5.86. The topological polar surface area (TPSA) is 44.5 Å². The summed E-state index contributed by atoms with van der Waals surface area (Å²) < 4.78 is 11.6. The molecule has 0 fully saturated rings. The lowest BCUT2D eigenvalue weighted by Gasteiger charge is -2.12. The predicted octanol–water partition coefficient (Wildman–Crippen LogP) is 2.96. The molecule has 0 saturated carbocycles. The quantitative estimate of drug-likeness (QED) is 0.858. The van der Waals surface area contributed by atoms with Crippen molar-refractivity contribution < 1.29 is 9.47 Å². The van der Waals surface area contributed by atoms with E-state index in [0.717, 1.165) is 17.9 Å². The summed E-state index contributed by atoms with van der Waals surface area (Å²) in [5, 5.41) is 0. The van der Waals surface area contributed by atoms with Crippen LogP contribution >= 0.6 is 0 Å². The van der Waals surface area contributed by atoms with Crippen molar-refractivity contribution in [3.8, 4) is 11.5 Å². The third-order valence-corrected chi connectivity index (χ3v) is 3.25. The smallest absolute Gasteiger partial charge is 0.137 e. The Labute approximate surface area is 113 Å². The van der Waals surface area contributed by atoms with Crippen LogP contribution < -0.4 is 15.2 Å². The molecule has 0 spiro atoms. The average molecular weight is 255 g/mol. The van der Waals surface area contributed by atoms with Gasteiger partial charge in [-0.15, -0.1) is 0 Å². The molecule has 3 nitrogen and oxygen atoms in total. The number of rotatable bonds is 3. The van der Waals surface area contributed by atoms with E-state index < -0.39 is 0 Å². The number of fused-ring (bicyclic) bond motifs is 1. The van der Waals surface area contributed by atoms with Crippen molar-refractivity contribution in [2.75, 3.05) is 12.3 Å². The molecule has 2 aromatic carbocycles. The van der Waals surface area contributed by atoms with Gasteiger partial charge in [0.1, 0.15) is 24.2 Å². The standard InChI is InChI=1S/C16H17NO2/c1-11-5-6-16-12(7-11)8-15(19-16)10-18-14-4-2-3-13(17)9-14/h2-7,9,15H,8,10,17H2,1H3. The third kappa shape index (κ3) is 2.65. The van der Waals surface area contributed by atoms with Crippen LogP contribution in [-0.4, -0.2) is 12.7 Å². The number of ether oxygens (including phenoxy) is 2. The van der Waals surface area contributed by atoms with Crippen molar-refractivity contribution >= 4 is 5.69 Å². The zero-order chi connectivity index (χ0) is 13.2. The second kappa shape index (κ2) is 4.84. The Bertz CT molecular complexity index is 595. The minimum Gasteiger partial charge on any atom is -0.490 e. The van der Waals surface area contributed by atoms with Gasteiger partial charge in [-0.25, -0.2) is 0 Å². The van der Waals surface area contributed by atoms with Crippen LogP contribution in [-0.2, 0) is 6.42 Å². The van der Waals surface area contributed by atoms with E-state index in [1.807, 2.05) is 30.3 Å². The van der Waals surface area contributed by atoms with E-state index in [1.54, 1.807) is 0 Å². The normalized spacial score (nSPS) is 16.8. The van der Waals surface area contributed by atoms with E-state index in [0.29, 0.717) is 12.3 Å². The monoisotopic (exact) mass is 255 g/mol. The van der Waals surface area contributed by atoms with Gasteiger partial charge in [0.2, 0.25) is 0 Å². The van der Waals surface area contributed by atoms with E-state index in [-0.39, 0.29) is 6.10 Å². The molecular weight excluding hydrogens is 238 g/mol. The fourth-order valence-electron chi connectivity index (χ4n) is 2.34. The zero-order valence-corrected chi connectivity index (χ0v) is 10.9. The largest absolute Gasteiger partial charge is 0.490 e. The van der Waals surface area contributed by atoms with Gasteiger partial charge in [-0.1, -0.05) is 23.8 Å². The van der Waals surface area contributed by atoms with Crippen molar-refractivity contribution in [3.05, 3.63) is 53.6 Å². The Hall–Kier alpha value is -2.16. The van der Waals surface area contributed by atoms with Crippen LogP contribution in [0.1, 0.15) is 11.1 Å². The van der Waals surface area contributed by atoms with E-state index in [2.05, 4.69) is 19.1 Å². The molecule has 0 bridgehead atoms. The summed E-state index contributed by atoms with van der Waals surface area (Å²) >= 11 is 0. The van der Waals surface area contributed by atoms with Gasteiger partial charge < -0.3 is 15.2 Å². The number of hydrogen-bond donors (Lipinski definition) is 1. The first-order valence-electron chi connectivity index (χ1n) is 6.45. The molecule has 1 aliphatic rings. The summed E-state index contributed by atoms with van der Waals surface area (Å²) in [7, 11) is 0. The number of aryl methyl sites for hydroxylation is 1. The molecule has 0 aromatic heterocycles. The molecule has 1 heterocycles. The Morgan fingerprint density at radius 3 is 3.00 bits per heavy atom. The highest BCUT2D eigenvalue weighted by Gasteiger charge is 2.23. The first-order valence-corrected chi connectivity index (χ1v) is 6.45. The van der Waals surface area contributed by atoms with Crippen LogP contribution in [0.25, 0.3) is 0 Å². The Balaban J connectivity index is 1.62. The lowest BCUT2D eigenvalue weighted by molar-refractivity contribution is 0.148. The van der Waals surface area contributed by atoms with Crippen LogP contribution in [0.15, 0.2) is 42.5 Å². The number of anilines is 1. The van der Waals surface area contributed by atoms with E-state index in [1.165, 1.54) is 11.1 Å². The molecule has 3 rings (SSSR count). The van der Waals surface area contributed by atoms with Gasteiger partial charge in [0.15, 0.2) is 0 Å². The number of nitrogens with two attached hydrogens (primary N) is 1. The molecule has 2 N–H and O–H groups in total. The molecule has 0 saturated heterocycles. The molecule has 0 amide bonds. The second-order valence-corrected chi connectivity index (χ2v) is 4.94. The Morgan fingerprint density at radius 1 is 1.26 bits per heavy atom. The highest BCUT2D eigenvalue weighted by molar-refractivity contribution is 5.44. The summed E-state index contributed by atoms with van der Waals surface area (Å²) in [6, 6.07) is 13.7. The maximum Gasteiger partial charge on any atom is 0.137 e. The molecule has 0 aliphatic carbocycles. The molecule has 98 valence electrons. The van der Waals surface area contributed by atoms with Crippen molar-refractivity contribution in [1.29, 1.82) is 0 Å². The summed E-state index contributed by atoms with van der Waals surface area (Å²) in [4.78, 5) is 0. The van der Waals surface area contributed by atoms with E-state index in [9.17, 15) is 0 Å². The lowest BCUT2D eigenvalue weighted by atomic mass is 10.1. The summed E-state index contributed by atoms with van der Waals surface area (Å²) in [5.41, 5.74) is 8.96. The minimum absolute atomic E-state index is 0.0817. The number of hydrogen-bond acceptors (Lipinski definition) is 3. The van der Waals surface area contributed by atoms with Gasteiger partial charge >= 0.3 is 0 Å². The van der Waals surface area contributed by atoms with Crippen molar-refractivity contribution in [1.82, 2.24) is 0 Å². The van der Waals surface area contributed by atoms with Crippen molar-refractivity contribution in [3.63, 3.8) is 0 Å². The fourth-order valence-corrected chi connectivity index (χ4v) is 2.34. The van der Waals surface area contributed by atoms with E-state index >= 15 is 0 Å². The Morgan fingerprint density at radius 2 is 2.16 bits per heavy atom. The van der Waals surface area contributed by atoms with Gasteiger partial charge in [-0.3, -0.25) is 0 Å². The van der Waals surface area contributed by atoms with Gasteiger partial charge in [0, 0.05) is 18.2 Å². The summed E-state index contributed by atoms with van der Waals surface area (Å²) in [6.07, 6.45) is 0.984. The van der Waals surface area contributed by atoms with Gasteiger partial charge in [0.05, 0.1) is 0 Å². The van der Waals surface area contributed by atoms with Gasteiger partial charge in [-0.05, 0) is 30.7 Å². The third-order valence-electron chi connectivity index (χ3n) is 3.25. The predicted molar refractivity (Wildman–Crippen MR) is 75.6 cm³/mol. The van der Waals surface area contributed by atoms with Gasteiger partial charge in [0.25, 0.3) is 0 Å². The number of benzene rings is 2. The van der Waals surface area contributed by atoms with Crippen LogP contribution in [0.5, 0.6) is 11.5 Å². The molecule has 19 heavy (non-hydrogen) atoms.